The van der Waals surface area contributed by atoms with Gasteiger partial charge in [0.15, 0.2) is 0 Å². The van der Waals surface area contributed by atoms with Crippen LogP contribution in [-0.2, 0) is 26.6 Å². The van der Waals surface area contributed by atoms with Crippen molar-refractivity contribution >= 4 is 56.5 Å². The fourth-order valence-electron chi connectivity index (χ4n) is 0.957. The molecular formula is C5H22Cl6N4O2Pt2. The summed E-state index contributed by atoms with van der Waals surface area (Å²) in [6, 6.07) is 0.546. The Hall–Kier alpha value is 2.88. The van der Waals surface area contributed by atoms with Crippen LogP contribution in [0.1, 0.15) is 25.7 Å². The van der Waals surface area contributed by atoms with Gasteiger partial charge in [0, 0.05) is 6.04 Å². The van der Waals surface area contributed by atoms with Gasteiger partial charge in [-0.2, -0.15) is 0 Å². The first-order chi connectivity index (χ1) is 6.89. The summed E-state index contributed by atoms with van der Waals surface area (Å²) < 4.78 is 15.6. The van der Waals surface area contributed by atoms with E-state index in [2.05, 4.69) is 18.8 Å². The van der Waals surface area contributed by atoms with Gasteiger partial charge in [-0.1, -0.05) is 12.8 Å². The van der Waals surface area contributed by atoms with Crippen LogP contribution in [0.3, 0.4) is 0 Å². The first-order valence-corrected chi connectivity index (χ1v) is 22.6. The maximum atomic E-state index is 7.79. The van der Waals surface area contributed by atoms with E-state index in [-0.39, 0.29) is 18.5 Å². The summed E-state index contributed by atoms with van der Waals surface area (Å²) >= 11 is -7.06. The van der Waals surface area contributed by atoms with Crippen molar-refractivity contribution in [2.45, 2.75) is 31.7 Å². The SMILES string of the molecule is N.N.N.NC1CCCC1.[Cl][Pt]([Cl])([Cl])[Cl].[OH][Pt]([OH])([Cl])[Cl]. The Morgan fingerprint density at radius 2 is 0.947 bits per heavy atom. The van der Waals surface area contributed by atoms with E-state index in [1.165, 1.54) is 25.7 Å². The molecule has 1 aliphatic rings. The monoisotopic (exact) mass is 770 g/mol. The zero-order valence-corrected chi connectivity index (χ0v) is 19.0. The van der Waals surface area contributed by atoms with E-state index in [1.807, 2.05) is 0 Å². The molecule has 1 fully saturated rings. The van der Waals surface area contributed by atoms with Crippen LogP contribution < -0.4 is 24.2 Å². The van der Waals surface area contributed by atoms with E-state index in [0.29, 0.717) is 6.04 Å². The molecule has 6 nitrogen and oxygen atoms in total. The molecule has 0 aliphatic heterocycles. The molecule has 0 radical (unpaired) electrons. The predicted octanol–water partition coefficient (Wildman–Crippen LogP) is 4.39. The Labute approximate surface area is 145 Å². The van der Waals surface area contributed by atoms with Crippen molar-refractivity contribution in [3.63, 3.8) is 0 Å². The van der Waals surface area contributed by atoms with Gasteiger partial charge in [0.2, 0.25) is 0 Å². The van der Waals surface area contributed by atoms with Gasteiger partial charge in [-0.25, -0.2) is 0 Å². The third-order valence-corrected chi connectivity index (χ3v) is 1.40. The summed E-state index contributed by atoms with van der Waals surface area (Å²) in [6.45, 7) is 0. The quantitative estimate of drug-likeness (QED) is 0.213. The van der Waals surface area contributed by atoms with E-state index < -0.39 is 26.6 Å². The Morgan fingerprint density at radius 3 is 1.00 bits per heavy atom. The minimum atomic E-state index is -4.00. The van der Waals surface area contributed by atoms with Crippen LogP contribution in [-0.4, -0.2) is 13.6 Å². The Kier molecular flexibility index (Phi) is 30.4. The third-order valence-electron chi connectivity index (χ3n) is 1.40. The molecule has 0 spiro atoms. The summed E-state index contributed by atoms with van der Waals surface area (Å²) in [5.74, 6) is 0. The van der Waals surface area contributed by atoms with Crippen molar-refractivity contribution in [2.24, 2.45) is 5.73 Å². The van der Waals surface area contributed by atoms with Gasteiger partial charge in [0.05, 0.1) is 0 Å². The van der Waals surface area contributed by atoms with Gasteiger partial charge in [-0.3, -0.25) is 0 Å². The molecule has 1 aliphatic carbocycles. The average molecular weight is 773 g/mol. The van der Waals surface area contributed by atoms with Crippen molar-refractivity contribution in [1.82, 2.24) is 18.5 Å². The molecule has 136 valence electrons. The van der Waals surface area contributed by atoms with Gasteiger partial charge in [-0.05, 0) is 12.8 Å². The predicted molar refractivity (Wildman–Crippen MR) is 81.1 cm³/mol. The molecular weight excluding hydrogens is 751 g/mol. The molecule has 0 heterocycles. The second-order valence-electron chi connectivity index (χ2n) is 2.64. The van der Waals surface area contributed by atoms with E-state index in [1.54, 1.807) is 0 Å². The molecule has 14 heteroatoms. The Morgan fingerprint density at radius 1 is 0.789 bits per heavy atom. The van der Waals surface area contributed by atoms with E-state index >= 15 is 0 Å². The number of rotatable bonds is 0. The fraction of sp³-hybridized carbons (Fsp3) is 1.00. The molecule has 0 atom stereocenters. The molecule has 0 bridgehead atoms. The van der Waals surface area contributed by atoms with E-state index in [9.17, 15) is 0 Å². The molecule has 0 saturated heterocycles. The second-order valence-corrected chi connectivity index (χ2v) is 31.1. The van der Waals surface area contributed by atoms with Crippen molar-refractivity contribution in [3.8, 4) is 0 Å². The van der Waals surface area contributed by atoms with E-state index in [4.69, 9.17) is 50.9 Å². The topological polar surface area (TPSA) is 171 Å². The van der Waals surface area contributed by atoms with Crippen LogP contribution in [0.5, 0.6) is 0 Å². The molecule has 19 heavy (non-hydrogen) atoms. The van der Waals surface area contributed by atoms with Crippen LogP contribution in [0.2, 0.25) is 0 Å². The summed E-state index contributed by atoms with van der Waals surface area (Å²) in [4.78, 5) is 0. The van der Waals surface area contributed by atoms with Crippen molar-refractivity contribution in [1.29, 1.82) is 0 Å². The molecule has 0 aromatic heterocycles. The minimum absolute atomic E-state index is 0. The first-order valence-electron chi connectivity index (χ1n) is 3.65. The second kappa shape index (κ2) is 17.2. The number of hydrogen-bond donors (Lipinski definition) is 6. The summed E-state index contributed by atoms with van der Waals surface area (Å²) in [5.41, 5.74) is 5.53. The normalized spacial score (nSPS) is 16.1. The molecule has 0 amide bonds. The molecule has 0 aromatic rings. The van der Waals surface area contributed by atoms with Crippen molar-refractivity contribution in [3.05, 3.63) is 0 Å². The zero-order chi connectivity index (χ0) is 13.4. The third kappa shape index (κ3) is 76.3. The van der Waals surface area contributed by atoms with Crippen LogP contribution in [0.15, 0.2) is 0 Å². The van der Waals surface area contributed by atoms with Crippen LogP contribution >= 0.6 is 56.5 Å². The molecule has 0 unspecified atom stereocenters. The average Bonchev–Trinajstić information content (AvgIpc) is 2.30. The number of hydrogen-bond acceptors (Lipinski definition) is 6. The van der Waals surface area contributed by atoms with Gasteiger partial charge >= 0.3 is 90.7 Å². The van der Waals surface area contributed by atoms with Crippen molar-refractivity contribution in [2.75, 3.05) is 0 Å². The van der Waals surface area contributed by atoms with Crippen LogP contribution in [0, 0.1) is 0 Å². The zero-order valence-electron chi connectivity index (χ0n) is 9.90. The van der Waals surface area contributed by atoms with Gasteiger partial charge < -0.3 is 24.2 Å². The Bertz CT molecular complexity index is 154. The molecule has 0 aromatic carbocycles. The number of halogens is 6. The van der Waals surface area contributed by atoms with E-state index in [0.717, 1.165) is 0 Å². The van der Waals surface area contributed by atoms with Crippen molar-refractivity contribution < 1.29 is 34.2 Å². The standard InChI is InChI=1S/C5H11N.6ClH.3H3N.2H2O.2Pt/c6-5-3-1-2-4-5;;;;;;;;;;;;;/h5H,1-4,6H2;6*1H;3*1H3;2*1H2;;/q;;;;;;;;;;;;2*+4/p-8. The fourth-order valence-corrected chi connectivity index (χ4v) is 0.957. The van der Waals surface area contributed by atoms with Crippen LogP contribution in [0.4, 0.5) is 0 Å². The molecule has 13 N–H and O–H groups in total. The maximum absolute atomic E-state index is 7.79. The molecule has 1 saturated carbocycles. The van der Waals surface area contributed by atoms with Gasteiger partial charge in [-0.15, -0.1) is 0 Å². The molecule has 1 rings (SSSR count). The van der Waals surface area contributed by atoms with Gasteiger partial charge in [0.1, 0.15) is 0 Å². The van der Waals surface area contributed by atoms with Crippen LogP contribution in [0.25, 0.3) is 0 Å². The van der Waals surface area contributed by atoms with Gasteiger partial charge in [0.25, 0.3) is 0 Å². The summed E-state index contributed by atoms with van der Waals surface area (Å²) in [7, 11) is 29.2. The summed E-state index contributed by atoms with van der Waals surface area (Å²) in [5, 5.41) is 0. The first kappa shape index (κ1) is 33.5. The summed E-state index contributed by atoms with van der Waals surface area (Å²) in [6.07, 6.45) is 5.25. The number of nitrogens with two attached hydrogens (primary N) is 1. The Balaban J connectivity index is -0.0000000482.